The van der Waals surface area contributed by atoms with Gasteiger partial charge in [0.25, 0.3) is 0 Å². The van der Waals surface area contributed by atoms with Gasteiger partial charge in [0.15, 0.2) is 5.58 Å². The number of benzene rings is 1. The average molecular weight is 342 g/mol. The van der Waals surface area contributed by atoms with Crippen molar-refractivity contribution in [2.75, 3.05) is 19.9 Å². The van der Waals surface area contributed by atoms with Gasteiger partial charge in [-0.2, -0.15) is 0 Å². The van der Waals surface area contributed by atoms with Gasteiger partial charge in [0.05, 0.1) is 5.56 Å². The Bertz CT molecular complexity index is 866. The summed E-state index contributed by atoms with van der Waals surface area (Å²) in [5.74, 6) is 0.863. The Hall–Kier alpha value is -1.85. The van der Waals surface area contributed by atoms with Crippen molar-refractivity contribution in [3.63, 3.8) is 0 Å². The Balaban J connectivity index is 1.55. The van der Waals surface area contributed by atoms with Crippen LogP contribution in [-0.4, -0.2) is 26.0 Å². The van der Waals surface area contributed by atoms with Gasteiger partial charge < -0.3 is 13.9 Å². The van der Waals surface area contributed by atoms with Crippen LogP contribution < -0.4 is 15.3 Å². The monoisotopic (exact) mass is 342 g/mol. The molecule has 1 fully saturated rings. The molecule has 3 aliphatic rings. The maximum absolute atomic E-state index is 12.5. The minimum Gasteiger partial charge on any atom is -0.445 e. The van der Waals surface area contributed by atoms with Crippen LogP contribution in [0.2, 0.25) is 0 Å². The zero-order chi connectivity index (χ0) is 16.8. The van der Waals surface area contributed by atoms with Crippen LogP contribution in [0.4, 0.5) is 0 Å². The first kappa shape index (κ1) is 15.4. The second-order valence-corrected chi connectivity index (χ2v) is 7.53. The third-order valence-corrected chi connectivity index (χ3v) is 5.85. The molecular weight excluding hydrogens is 318 g/mol. The molecule has 1 aliphatic carbocycles. The van der Waals surface area contributed by atoms with Crippen molar-refractivity contribution < 1.29 is 18.8 Å². The number of hydrogen-bond acceptors (Lipinski definition) is 4. The number of ether oxygens (including phenoxy) is 2. The molecule has 0 amide bonds. The van der Waals surface area contributed by atoms with E-state index in [1.165, 1.54) is 10.5 Å². The molecule has 5 rings (SSSR count). The van der Waals surface area contributed by atoms with Gasteiger partial charge in [0.2, 0.25) is 6.73 Å². The van der Waals surface area contributed by atoms with Crippen LogP contribution in [0.5, 0.6) is 5.75 Å². The number of hydrogen-bond donors (Lipinski definition) is 1. The number of aryl methyl sites for hydroxylation is 1. The van der Waals surface area contributed by atoms with E-state index in [1.54, 1.807) is 0 Å². The smallest absolute Gasteiger partial charge is 0.339 e. The van der Waals surface area contributed by atoms with Gasteiger partial charge in [-0.15, -0.1) is 0 Å². The van der Waals surface area contributed by atoms with E-state index in [9.17, 15) is 4.79 Å². The lowest BCUT2D eigenvalue weighted by Gasteiger charge is -2.28. The molecule has 132 valence electrons. The number of fused-ring (bicyclic) bond motifs is 5. The summed E-state index contributed by atoms with van der Waals surface area (Å²) in [6, 6.07) is 4.13. The summed E-state index contributed by atoms with van der Waals surface area (Å²) in [7, 11) is 0. The van der Waals surface area contributed by atoms with Gasteiger partial charge >= 0.3 is 5.63 Å². The van der Waals surface area contributed by atoms with Gasteiger partial charge in [-0.1, -0.05) is 0 Å². The SMILES string of the molecule is O=c1oc2c3c(ccc2c2c1CCCC2)OC[NH+](C[C@@H]1CCCO1)C3. The van der Waals surface area contributed by atoms with Gasteiger partial charge in [-0.3, -0.25) is 4.90 Å². The molecule has 0 bridgehead atoms. The molecule has 5 heteroatoms. The van der Waals surface area contributed by atoms with E-state index in [-0.39, 0.29) is 5.63 Å². The average Bonchev–Trinajstić information content (AvgIpc) is 3.15. The second-order valence-electron chi connectivity index (χ2n) is 7.53. The molecule has 1 aromatic heterocycles. The Morgan fingerprint density at radius 3 is 2.80 bits per heavy atom. The summed E-state index contributed by atoms with van der Waals surface area (Å²) in [5.41, 5.74) is 3.72. The van der Waals surface area contributed by atoms with Crippen molar-refractivity contribution in [2.24, 2.45) is 0 Å². The largest absolute Gasteiger partial charge is 0.445 e. The number of rotatable bonds is 2. The van der Waals surface area contributed by atoms with E-state index >= 15 is 0 Å². The first-order valence-corrected chi connectivity index (χ1v) is 9.48. The van der Waals surface area contributed by atoms with Gasteiger partial charge in [-0.25, -0.2) is 4.79 Å². The number of nitrogens with one attached hydrogen (secondary N) is 1. The molecule has 5 nitrogen and oxygen atoms in total. The van der Waals surface area contributed by atoms with E-state index < -0.39 is 0 Å². The van der Waals surface area contributed by atoms with Crippen LogP contribution in [0.1, 0.15) is 42.4 Å². The lowest BCUT2D eigenvalue weighted by atomic mass is 9.90. The highest BCUT2D eigenvalue weighted by molar-refractivity contribution is 5.86. The van der Waals surface area contributed by atoms with E-state index in [4.69, 9.17) is 13.9 Å². The predicted molar refractivity (Wildman–Crippen MR) is 93.1 cm³/mol. The van der Waals surface area contributed by atoms with Crippen molar-refractivity contribution in [1.29, 1.82) is 0 Å². The molecule has 1 N–H and O–H groups in total. The minimum absolute atomic E-state index is 0.151. The minimum atomic E-state index is -0.151. The summed E-state index contributed by atoms with van der Waals surface area (Å²) in [6.45, 7) is 3.30. The van der Waals surface area contributed by atoms with Crippen LogP contribution in [0.15, 0.2) is 21.3 Å². The van der Waals surface area contributed by atoms with Crippen LogP contribution in [0.3, 0.4) is 0 Å². The van der Waals surface area contributed by atoms with Gasteiger partial charge in [0.1, 0.15) is 24.9 Å². The molecule has 1 saturated heterocycles. The van der Waals surface area contributed by atoms with Gasteiger partial charge in [-0.05, 0) is 56.2 Å². The van der Waals surface area contributed by atoms with Crippen LogP contribution in [0.25, 0.3) is 11.0 Å². The normalized spacial score (nSPS) is 25.4. The molecule has 2 aromatic rings. The topological polar surface area (TPSA) is 53.1 Å². The molecule has 1 unspecified atom stereocenters. The fourth-order valence-electron chi connectivity index (χ4n) is 4.59. The summed E-state index contributed by atoms with van der Waals surface area (Å²) < 4.78 is 17.6. The van der Waals surface area contributed by atoms with E-state index in [0.29, 0.717) is 12.8 Å². The fourth-order valence-corrected chi connectivity index (χ4v) is 4.59. The van der Waals surface area contributed by atoms with E-state index in [1.807, 2.05) is 0 Å². The molecule has 2 atom stereocenters. The van der Waals surface area contributed by atoms with E-state index in [0.717, 1.165) is 86.1 Å². The van der Waals surface area contributed by atoms with Crippen molar-refractivity contribution in [1.82, 2.24) is 0 Å². The van der Waals surface area contributed by atoms with Crippen molar-refractivity contribution in [3.8, 4) is 5.75 Å². The molecule has 0 spiro atoms. The van der Waals surface area contributed by atoms with Crippen molar-refractivity contribution in [2.45, 2.75) is 51.2 Å². The third-order valence-electron chi connectivity index (χ3n) is 5.85. The molecule has 2 aliphatic heterocycles. The quantitative estimate of drug-likeness (QED) is 0.842. The standard InChI is InChI=1S/C20H23NO4/c22-20-16-6-2-1-5-14(16)15-7-8-18-17(19(15)25-20)11-21(12-24-18)10-13-4-3-9-23-13/h7-8,13H,1-6,9-12H2/p+1/t13-/m0/s1. The lowest BCUT2D eigenvalue weighted by molar-refractivity contribution is -0.935. The zero-order valence-corrected chi connectivity index (χ0v) is 14.4. The zero-order valence-electron chi connectivity index (χ0n) is 14.4. The number of quaternary nitrogens is 1. The molecule has 3 heterocycles. The van der Waals surface area contributed by atoms with Gasteiger partial charge in [0, 0.05) is 17.6 Å². The maximum atomic E-state index is 12.5. The Morgan fingerprint density at radius 1 is 1.08 bits per heavy atom. The highest BCUT2D eigenvalue weighted by Crippen LogP contribution is 2.33. The Kier molecular flexibility index (Phi) is 3.79. The molecule has 1 aromatic carbocycles. The third kappa shape index (κ3) is 2.66. The van der Waals surface area contributed by atoms with Crippen molar-refractivity contribution in [3.05, 3.63) is 39.2 Å². The van der Waals surface area contributed by atoms with Crippen LogP contribution >= 0.6 is 0 Å². The predicted octanol–water partition coefficient (Wildman–Crippen LogP) is 1.59. The molecular formula is C20H24NO4+. The van der Waals surface area contributed by atoms with Crippen molar-refractivity contribution >= 4 is 11.0 Å². The molecule has 0 radical (unpaired) electrons. The molecule has 25 heavy (non-hydrogen) atoms. The fraction of sp³-hybridized carbons (Fsp3) is 0.550. The van der Waals surface area contributed by atoms with E-state index in [2.05, 4.69) is 12.1 Å². The second kappa shape index (κ2) is 6.15. The van der Waals surface area contributed by atoms with Crippen LogP contribution in [0, 0.1) is 0 Å². The van der Waals surface area contributed by atoms with Crippen LogP contribution in [-0.2, 0) is 24.1 Å². The highest BCUT2D eigenvalue weighted by atomic mass is 16.5. The summed E-state index contributed by atoms with van der Waals surface area (Å²) in [6.07, 6.45) is 6.66. The first-order chi connectivity index (χ1) is 12.3. The summed E-state index contributed by atoms with van der Waals surface area (Å²) in [5, 5.41) is 1.11. The first-order valence-electron chi connectivity index (χ1n) is 9.48. The Morgan fingerprint density at radius 2 is 1.96 bits per heavy atom. The summed E-state index contributed by atoms with van der Waals surface area (Å²) >= 11 is 0. The summed E-state index contributed by atoms with van der Waals surface area (Å²) in [4.78, 5) is 13.8. The Labute approximate surface area is 146 Å². The highest BCUT2D eigenvalue weighted by Gasteiger charge is 2.29. The molecule has 0 saturated carbocycles. The lowest BCUT2D eigenvalue weighted by Crippen LogP contribution is -3.13. The maximum Gasteiger partial charge on any atom is 0.339 e.